The third-order valence-electron chi connectivity index (χ3n) is 8.01. The van der Waals surface area contributed by atoms with Crippen LogP contribution in [0, 0.1) is 0 Å². The van der Waals surface area contributed by atoms with Gasteiger partial charge in [0.2, 0.25) is 0 Å². The summed E-state index contributed by atoms with van der Waals surface area (Å²) in [6.45, 7) is 0. The maximum Gasteiger partial charge on any atom is 0.135 e. The lowest BCUT2D eigenvalue weighted by atomic mass is 10.0. The molecule has 0 unspecified atom stereocenters. The third-order valence-corrected chi connectivity index (χ3v) is 9.23. The van der Waals surface area contributed by atoms with Crippen molar-refractivity contribution in [1.82, 2.24) is 4.57 Å². The number of hydrogen-bond acceptors (Lipinski definition) is 2. The highest BCUT2D eigenvalue weighted by atomic mass is 32.1. The van der Waals surface area contributed by atoms with Gasteiger partial charge in [-0.3, -0.25) is 0 Å². The van der Waals surface area contributed by atoms with Gasteiger partial charge in [0.05, 0.1) is 11.0 Å². The molecule has 3 heteroatoms. The monoisotopic (exact) mass is 515 g/mol. The van der Waals surface area contributed by atoms with E-state index in [9.17, 15) is 0 Å². The molecule has 39 heavy (non-hydrogen) atoms. The van der Waals surface area contributed by atoms with Crippen LogP contribution in [-0.4, -0.2) is 4.57 Å². The number of aromatic nitrogens is 1. The fourth-order valence-corrected chi connectivity index (χ4v) is 7.48. The first-order chi connectivity index (χ1) is 19.3. The largest absolute Gasteiger partial charge is 0.456 e. The Morgan fingerprint density at radius 1 is 0.487 bits per heavy atom. The SMILES string of the molecule is c1ccc2c(c1)oc1ccc(-n3c4ccccc4c4cc(-c5cccc6c5sc5ccccc56)ccc43)cc12. The van der Waals surface area contributed by atoms with Crippen LogP contribution in [-0.2, 0) is 0 Å². The summed E-state index contributed by atoms with van der Waals surface area (Å²) >= 11 is 1.88. The zero-order chi connectivity index (χ0) is 25.5. The van der Waals surface area contributed by atoms with E-state index in [2.05, 4.69) is 120 Å². The van der Waals surface area contributed by atoms with Gasteiger partial charge in [-0.05, 0) is 59.7 Å². The van der Waals surface area contributed by atoms with E-state index in [0.717, 1.165) is 27.6 Å². The molecule has 3 heterocycles. The number of thiophene rings is 1. The molecule has 0 amide bonds. The van der Waals surface area contributed by atoms with Crippen LogP contribution in [0.4, 0.5) is 0 Å². The summed E-state index contributed by atoms with van der Waals surface area (Å²) in [5.74, 6) is 0. The molecule has 0 bridgehead atoms. The molecular weight excluding hydrogens is 494 g/mol. The minimum absolute atomic E-state index is 0.916. The lowest BCUT2D eigenvalue weighted by molar-refractivity contribution is 0.669. The van der Waals surface area contributed by atoms with Gasteiger partial charge in [-0.2, -0.15) is 0 Å². The van der Waals surface area contributed by atoms with Gasteiger partial charge < -0.3 is 8.98 Å². The molecule has 9 aromatic rings. The van der Waals surface area contributed by atoms with Crippen molar-refractivity contribution >= 4 is 75.3 Å². The number of furan rings is 1. The van der Waals surface area contributed by atoms with Gasteiger partial charge in [-0.25, -0.2) is 0 Å². The number of benzene rings is 6. The first kappa shape index (κ1) is 21.1. The standard InChI is InChI=1S/C36H21NOS/c1-4-13-31-25(8-1)29-20-22(24-11-7-12-28-27-10-3-6-15-35(27)39-36(24)28)16-18-32(29)37(31)23-17-19-34-30(21-23)26-9-2-5-14-33(26)38-34/h1-21H. The van der Waals surface area contributed by atoms with Crippen LogP contribution >= 0.6 is 11.3 Å². The Labute approximate surface area is 227 Å². The van der Waals surface area contributed by atoms with Gasteiger partial charge in [0.1, 0.15) is 11.2 Å². The van der Waals surface area contributed by atoms with Crippen molar-refractivity contribution in [2.75, 3.05) is 0 Å². The average Bonchev–Trinajstić information content (AvgIpc) is 3.66. The predicted octanol–water partition coefficient (Wildman–Crippen LogP) is 10.7. The summed E-state index contributed by atoms with van der Waals surface area (Å²) in [5, 5.41) is 7.47. The Hall–Kier alpha value is -4.86. The number of hydrogen-bond donors (Lipinski definition) is 0. The van der Waals surface area contributed by atoms with E-state index in [0.29, 0.717) is 0 Å². The van der Waals surface area contributed by atoms with Crippen molar-refractivity contribution in [2.24, 2.45) is 0 Å². The van der Waals surface area contributed by atoms with Gasteiger partial charge in [-0.15, -0.1) is 11.3 Å². The maximum absolute atomic E-state index is 6.11. The molecule has 2 nitrogen and oxygen atoms in total. The van der Waals surface area contributed by atoms with E-state index in [4.69, 9.17) is 4.42 Å². The minimum atomic E-state index is 0.916. The minimum Gasteiger partial charge on any atom is -0.456 e. The smallest absolute Gasteiger partial charge is 0.135 e. The zero-order valence-corrected chi connectivity index (χ0v) is 21.7. The van der Waals surface area contributed by atoms with Crippen molar-refractivity contribution in [1.29, 1.82) is 0 Å². The van der Waals surface area contributed by atoms with Crippen molar-refractivity contribution in [3.63, 3.8) is 0 Å². The second kappa shape index (κ2) is 7.83. The normalized spacial score (nSPS) is 12.1. The summed E-state index contributed by atoms with van der Waals surface area (Å²) in [5.41, 5.74) is 7.93. The van der Waals surface area contributed by atoms with Crippen LogP contribution in [0.5, 0.6) is 0 Å². The summed E-state index contributed by atoms with van der Waals surface area (Å²) in [4.78, 5) is 0. The molecule has 6 aromatic carbocycles. The fraction of sp³-hybridized carbons (Fsp3) is 0. The van der Waals surface area contributed by atoms with E-state index in [-0.39, 0.29) is 0 Å². The van der Waals surface area contributed by atoms with E-state index in [1.54, 1.807) is 0 Å². The van der Waals surface area contributed by atoms with Crippen molar-refractivity contribution in [3.8, 4) is 16.8 Å². The molecule has 0 N–H and O–H groups in total. The molecule has 0 radical (unpaired) electrons. The molecule has 0 aliphatic rings. The van der Waals surface area contributed by atoms with E-state index >= 15 is 0 Å². The highest BCUT2D eigenvalue weighted by molar-refractivity contribution is 7.26. The highest BCUT2D eigenvalue weighted by Crippen LogP contribution is 2.42. The summed E-state index contributed by atoms with van der Waals surface area (Å²) in [6, 6.07) is 45.9. The molecule has 0 saturated carbocycles. The number of rotatable bonds is 2. The van der Waals surface area contributed by atoms with Gasteiger partial charge in [-0.1, -0.05) is 78.9 Å². The molecule has 0 spiro atoms. The Morgan fingerprint density at radius 3 is 2.18 bits per heavy atom. The molecule has 0 saturated heterocycles. The Kier molecular flexibility index (Phi) is 4.24. The molecular formula is C36H21NOS. The van der Waals surface area contributed by atoms with Crippen molar-refractivity contribution < 1.29 is 4.42 Å². The van der Waals surface area contributed by atoms with Gasteiger partial charge in [0.15, 0.2) is 0 Å². The maximum atomic E-state index is 6.11. The highest BCUT2D eigenvalue weighted by Gasteiger charge is 2.16. The van der Waals surface area contributed by atoms with Crippen LogP contribution < -0.4 is 0 Å². The van der Waals surface area contributed by atoms with Gasteiger partial charge in [0, 0.05) is 47.4 Å². The Bertz CT molecular complexity index is 2400. The fourth-order valence-electron chi connectivity index (χ4n) is 6.25. The van der Waals surface area contributed by atoms with Gasteiger partial charge in [0.25, 0.3) is 0 Å². The molecule has 0 fully saturated rings. The van der Waals surface area contributed by atoms with Gasteiger partial charge >= 0.3 is 0 Å². The van der Waals surface area contributed by atoms with Crippen LogP contribution in [0.25, 0.3) is 80.7 Å². The first-order valence-electron chi connectivity index (χ1n) is 13.2. The Morgan fingerprint density at radius 2 is 1.23 bits per heavy atom. The quantitative estimate of drug-likeness (QED) is 0.224. The molecule has 0 atom stereocenters. The number of fused-ring (bicyclic) bond motifs is 9. The van der Waals surface area contributed by atoms with Crippen LogP contribution in [0.3, 0.4) is 0 Å². The molecule has 0 aliphatic heterocycles. The lowest BCUT2D eigenvalue weighted by Gasteiger charge is -2.09. The van der Waals surface area contributed by atoms with Crippen LogP contribution in [0.2, 0.25) is 0 Å². The predicted molar refractivity (Wildman–Crippen MR) is 166 cm³/mol. The van der Waals surface area contributed by atoms with Crippen LogP contribution in [0.15, 0.2) is 132 Å². The van der Waals surface area contributed by atoms with Crippen molar-refractivity contribution in [3.05, 3.63) is 127 Å². The molecule has 3 aromatic heterocycles. The number of nitrogens with zero attached hydrogens (tertiary/aromatic N) is 1. The van der Waals surface area contributed by atoms with Crippen LogP contribution in [0.1, 0.15) is 0 Å². The summed E-state index contributed by atoms with van der Waals surface area (Å²) < 4.78 is 11.2. The topological polar surface area (TPSA) is 18.1 Å². The average molecular weight is 516 g/mol. The summed E-state index contributed by atoms with van der Waals surface area (Å²) in [6.07, 6.45) is 0. The molecule has 182 valence electrons. The van der Waals surface area contributed by atoms with E-state index in [1.807, 2.05) is 23.5 Å². The number of para-hydroxylation sites is 2. The van der Waals surface area contributed by atoms with E-state index < -0.39 is 0 Å². The first-order valence-corrected chi connectivity index (χ1v) is 14.0. The zero-order valence-electron chi connectivity index (χ0n) is 20.9. The summed E-state index contributed by atoms with van der Waals surface area (Å²) in [7, 11) is 0. The second-order valence-electron chi connectivity index (χ2n) is 10.1. The lowest BCUT2D eigenvalue weighted by Crippen LogP contribution is -1.93. The molecule has 9 rings (SSSR count). The van der Waals surface area contributed by atoms with E-state index in [1.165, 1.54) is 53.1 Å². The second-order valence-corrected chi connectivity index (χ2v) is 11.2. The Balaban J connectivity index is 1.31. The third kappa shape index (κ3) is 2.96. The van der Waals surface area contributed by atoms with Crippen molar-refractivity contribution in [2.45, 2.75) is 0 Å². The molecule has 0 aliphatic carbocycles.